The average Bonchev–Trinajstić information content (AvgIpc) is 2.47. The summed E-state index contributed by atoms with van der Waals surface area (Å²) in [6, 6.07) is 0. The summed E-state index contributed by atoms with van der Waals surface area (Å²) in [5.74, 6) is 0. The molecular weight excluding hydrogens is 330 g/mol. The van der Waals surface area contributed by atoms with Gasteiger partial charge in [0, 0.05) is 19.6 Å². The van der Waals surface area contributed by atoms with Crippen molar-refractivity contribution in [3.8, 4) is 0 Å². The Bertz CT molecular complexity index is 577. The van der Waals surface area contributed by atoms with Crippen LogP contribution in [0, 0.1) is 0 Å². The Morgan fingerprint density at radius 1 is 0.619 bits per heavy atom. The molecule has 0 amide bonds. The Morgan fingerprint density at radius 2 is 0.857 bits per heavy atom. The third kappa shape index (κ3) is 4.32. The lowest BCUT2D eigenvalue weighted by atomic mass is 10.4. The molecule has 114 valence electrons. The van der Waals surface area contributed by atoms with Crippen molar-refractivity contribution in [2.75, 3.05) is 0 Å². The molecular formula is C12H15N3O3S3. The minimum absolute atomic E-state index is 0.149. The van der Waals surface area contributed by atoms with Crippen molar-refractivity contribution in [3.63, 3.8) is 0 Å². The summed E-state index contributed by atoms with van der Waals surface area (Å²) in [7, 11) is 0. The van der Waals surface area contributed by atoms with Crippen LogP contribution in [0.25, 0.3) is 0 Å². The van der Waals surface area contributed by atoms with Gasteiger partial charge in [0.1, 0.15) is 0 Å². The minimum atomic E-state index is -0.627. The molecule has 0 saturated carbocycles. The molecule has 1 rings (SSSR count). The highest BCUT2D eigenvalue weighted by atomic mass is 32.1. The van der Waals surface area contributed by atoms with E-state index in [2.05, 4.69) is 0 Å². The third-order valence-corrected chi connectivity index (χ3v) is 3.50. The summed E-state index contributed by atoms with van der Waals surface area (Å²) >= 11 is 14.1. The van der Waals surface area contributed by atoms with Crippen LogP contribution in [-0.2, 0) is 19.6 Å². The van der Waals surface area contributed by atoms with Crippen LogP contribution in [0.5, 0.6) is 0 Å². The maximum absolute atomic E-state index is 12.2. The van der Waals surface area contributed by atoms with E-state index in [9.17, 15) is 14.4 Å². The molecule has 6 nitrogen and oxygen atoms in total. The van der Waals surface area contributed by atoms with Gasteiger partial charge in [-0.05, 0) is 35.4 Å². The minimum Gasteiger partial charge on any atom is -0.247 e. The van der Waals surface area contributed by atoms with Crippen molar-refractivity contribution in [1.29, 1.82) is 0 Å². The van der Waals surface area contributed by atoms with Crippen molar-refractivity contribution in [2.24, 2.45) is 0 Å². The van der Waals surface area contributed by atoms with Gasteiger partial charge in [-0.15, -0.1) is 0 Å². The smallest absolute Gasteiger partial charge is 0.247 e. The van der Waals surface area contributed by atoms with Crippen LogP contribution in [-0.4, -0.2) is 29.8 Å². The molecule has 0 radical (unpaired) electrons. The first-order chi connectivity index (χ1) is 10.1. The number of thiocarbonyl (C=S) groups is 3. The van der Waals surface area contributed by atoms with Crippen LogP contribution in [0.2, 0.25) is 0 Å². The highest BCUT2D eigenvalue weighted by molar-refractivity contribution is 7.79. The summed E-state index contributed by atoms with van der Waals surface area (Å²) in [5.41, 5.74) is -1.88. The largest absolute Gasteiger partial charge is 0.336 e. The predicted molar refractivity (Wildman–Crippen MR) is 94.0 cm³/mol. The van der Waals surface area contributed by atoms with E-state index in [1.165, 1.54) is 16.1 Å². The fourth-order valence-electron chi connectivity index (χ4n) is 1.80. The molecule has 0 aliphatic heterocycles. The van der Waals surface area contributed by atoms with E-state index in [0.717, 1.165) is 13.7 Å². The van der Waals surface area contributed by atoms with Gasteiger partial charge < -0.3 is 0 Å². The Kier molecular flexibility index (Phi) is 7.48. The molecule has 0 atom stereocenters. The molecule has 1 aromatic heterocycles. The van der Waals surface area contributed by atoms with Gasteiger partial charge in [0.15, 0.2) is 0 Å². The van der Waals surface area contributed by atoms with Crippen LogP contribution < -0.4 is 17.1 Å². The van der Waals surface area contributed by atoms with E-state index in [-0.39, 0.29) is 19.6 Å². The second-order valence-electron chi connectivity index (χ2n) is 4.17. The molecule has 0 N–H and O–H groups in total. The van der Waals surface area contributed by atoms with Gasteiger partial charge in [-0.1, -0.05) is 36.7 Å². The molecule has 1 heterocycles. The normalized spacial score (nSPS) is 10.3. The van der Waals surface area contributed by atoms with Gasteiger partial charge >= 0.3 is 17.1 Å². The molecule has 1 aromatic rings. The zero-order valence-corrected chi connectivity index (χ0v) is 13.7. The Labute approximate surface area is 137 Å². The van der Waals surface area contributed by atoms with E-state index in [1.807, 2.05) is 0 Å². The number of aromatic nitrogens is 3. The van der Waals surface area contributed by atoms with E-state index >= 15 is 0 Å². The number of rotatable bonds is 9. The summed E-state index contributed by atoms with van der Waals surface area (Å²) < 4.78 is 3.07. The van der Waals surface area contributed by atoms with Crippen molar-refractivity contribution < 1.29 is 0 Å². The Morgan fingerprint density at radius 3 is 1.05 bits per heavy atom. The van der Waals surface area contributed by atoms with Crippen molar-refractivity contribution in [3.05, 3.63) is 31.5 Å². The van der Waals surface area contributed by atoms with Crippen molar-refractivity contribution in [2.45, 2.75) is 38.9 Å². The lowest BCUT2D eigenvalue weighted by Gasteiger charge is -2.12. The zero-order valence-electron chi connectivity index (χ0n) is 11.3. The molecule has 0 unspecified atom stereocenters. The second kappa shape index (κ2) is 8.85. The molecule has 0 aliphatic rings. The fourth-order valence-corrected chi connectivity index (χ4v) is 2.12. The summed E-state index contributed by atoms with van der Waals surface area (Å²) in [4.78, 5) is 36.7. The van der Waals surface area contributed by atoms with E-state index in [4.69, 9.17) is 36.7 Å². The standard InChI is InChI=1S/C12H15N3O3S3/c16-10-13(4-1-7-19)11(17)15(6-3-9-21)12(18)14(10)5-2-8-20/h7-9H,1-6H2. The first-order valence-corrected chi connectivity index (χ1v) is 7.75. The van der Waals surface area contributed by atoms with E-state index < -0.39 is 17.1 Å². The highest BCUT2D eigenvalue weighted by Gasteiger charge is 2.14. The molecule has 21 heavy (non-hydrogen) atoms. The van der Waals surface area contributed by atoms with Gasteiger partial charge in [-0.25, -0.2) is 28.1 Å². The SMILES string of the molecule is O=c1n(CCC=S)c(=O)n(CCC=S)c(=O)n1CCC=S. The maximum atomic E-state index is 12.2. The first-order valence-electron chi connectivity index (χ1n) is 6.33. The molecule has 0 aromatic carbocycles. The predicted octanol–water partition coefficient (Wildman–Crippen LogP) is 0.341. The van der Waals surface area contributed by atoms with Crippen LogP contribution in [0.15, 0.2) is 14.4 Å². The fraction of sp³-hybridized carbons (Fsp3) is 0.500. The van der Waals surface area contributed by atoms with Gasteiger partial charge in [-0.2, -0.15) is 0 Å². The monoisotopic (exact) mass is 345 g/mol. The summed E-state index contributed by atoms with van der Waals surface area (Å²) in [5, 5.41) is 4.33. The van der Waals surface area contributed by atoms with Crippen LogP contribution in [0.1, 0.15) is 19.3 Å². The molecule has 9 heteroatoms. The number of hydrogen-bond donors (Lipinski definition) is 0. The quantitative estimate of drug-likeness (QED) is 0.602. The first kappa shape index (κ1) is 17.7. The lowest BCUT2D eigenvalue weighted by molar-refractivity contribution is 0.458. The van der Waals surface area contributed by atoms with Crippen molar-refractivity contribution >= 4 is 52.8 Å². The average molecular weight is 345 g/mol. The topological polar surface area (TPSA) is 66.0 Å². The second-order valence-corrected chi connectivity index (χ2v) is 5.17. The Balaban J connectivity index is 3.49. The molecule has 0 bridgehead atoms. The van der Waals surface area contributed by atoms with Gasteiger partial charge in [0.2, 0.25) is 0 Å². The molecule has 0 spiro atoms. The highest BCUT2D eigenvalue weighted by Crippen LogP contribution is 1.85. The van der Waals surface area contributed by atoms with Crippen LogP contribution in [0.4, 0.5) is 0 Å². The Hall–Kier alpha value is -1.32. The van der Waals surface area contributed by atoms with Gasteiger partial charge in [0.25, 0.3) is 0 Å². The van der Waals surface area contributed by atoms with E-state index in [0.29, 0.717) is 19.3 Å². The molecule has 0 aliphatic carbocycles. The lowest BCUT2D eigenvalue weighted by Crippen LogP contribution is -2.54. The molecule has 0 fully saturated rings. The van der Waals surface area contributed by atoms with Crippen LogP contribution in [0.3, 0.4) is 0 Å². The molecule has 0 saturated heterocycles. The zero-order chi connectivity index (χ0) is 15.8. The third-order valence-electron chi connectivity index (χ3n) is 2.80. The number of hydrogen-bond acceptors (Lipinski definition) is 6. The van der Waals surface area contributed by atoms with Gasteiger partial charge in [0.05, 0.1) is 0 Å². The van der Waals surface area contributed by atoms with Crippen molar-refractivity contribution in [1.82, 2.24) is 13.7 Å². The van der Waals surface area contributed by atoms with E-state index in [1.54, 1.807) is 0 Å². The van der Waals surface area contributed by atoms with Crippen LogP contribution >= 0.6 is 36.7 Å². The maximum Gasteiger partial charge on any atom is 0.336 e. The van der Waals surface area contributed by atoms with Gasteiger partial charge in [-0.3, -0.25) is 0 Å². The summed E-state index contributed by atoms with van der Waals surface area (Å²) in [6.45, 7) is 0.448. The number of nitrogens with zero attached hydrogens (tertiary/aromatic N) is 3. The summed E-state index contributed by atoms with van der Waals surface area (Å²) in [6.07, 6.45) is 1.18.